The van der Waals surface area contributed by atoms with Crippen LogP contribution in [0, 0.1) is 11.8 Å². The van der Waals surface area contributed by atoms with Crippen molar-refractivity contribution in [1.82, 2.24) is 4.57 Å². The molecule has 0 spiro atoms. The van der Waals surface area contributed by atoms with Gasteiger partial charge in [-0.25, -0.2) is 0 Å². The van der Waals surface area contributed by atoms with Crippen LogP contribution < -0.4 is 4.90 Å². The standard InChI is InChI=1S/C32H26N2/c1-33(30-16-8-12-24-20-28(24)30)25-17-18-32-29(21-25)27-14-5-6-15-31(27)34(32)26-13-7-11-23(19-26)22-9-3-2-4-10-22/h2-19,21,24,28H,20H2,1H3. The van der Waals surface area contributed by atoms with Crippen molar-refractivity contribution in [3.05, 3.63) is 121 Å². The van der Waals surface area contributed by atoms with Gasteiger partial charge in [0.25, 0.3) is 0 Å². The summed E-state index contributed by atoms with van der Waals surface area (Å²) >= 11 is 0. The number of rotatable bonds is 4. The first-order chi connectivity index (χ1) is 16.8. The predicted molar refractivity (Wildman–Crippen MR) is 143 cm³/mol. The average Bonchev–Trinajstić information content (AvgIpc) is 3.63. The van der Waals surface area contributed by atoms with Gasteiger partial charge < -0.3 is 9.47 Å². The highest BCUT2D eigenvalue weighted by Gasteiger charge is 2.40. The lowest BCUT2D eigenvalue weighted by atomic mass is 10.1. The molecule has 5 aromatic rings. The molecule has 4 aromatic carbocycles. The summed E-state index contributed by atoms with van der Waals surface area (Å²) in [4.78, 5) is 2.38. The maximum Gasteiger partial charge on any atom is 0.0542 e. The average molecular weight is 439 g/mol. The number of hydrogen-bond acceptors (Lipinski definition) is 1. The Kier molecular flexibility index (Phi) is 4.28. The minimum Gasteiger partial charge on any atom is -0.348 e. The van der Waals surface area contributed by atoms with E-state index in [0.29, 0.717) is 5.92 Å². The fourth-order valence-electron chi connectivity index (χ4n) is 5.60. The van der Waals surface area contributed by atoms with E-state index >= 15 is 0 Å². The summed E-state index contributed by atoms with van der Waals surface area (Å²) in [5.74, 6) is 1.43. The van der Waals surface area contributed by atoms with E-state index in [1.807, 2.05) is 0 Å². The second kappa shape index (κ2) is 7.50. The van der Waals surface area contributed by atoms with Crippen molar-refractivity contribution in [2.45, 2.75) is 6.42 Å². The Morgan fingerprint density at radius 2 is 1.53 bits per heavy atom. The molecule has 2 heteroatoms. The minimum atomic E-state index is 0.688. The second-order valence-electron chi connectivity index (χ2n) is 9.51. The summed E-state index contributed by atoms with van der Waals surface area (Å²) in [6.07, 6.45) is 8.15. The van der Waals surface area contributed by atoms with Crippen LogP contribution in [0.25, 0.3) is 38.6 Å². The SMILES string of the molecule is CN(C1=CC=CC2CC12)c1ccc2c(c1)c1ccccc1n2-c1cccc(-c2ccccc2)c1. The number of fused-ring (bicyclic) bond motifs is 4. The quantitative estimate of drug-likeness (QED) is 0.276. The highest BCUT2D eigenvalue weighted by atomic mass is 15.1. The van der Waals surface area contributed by atoms with Crippen molar-refractivity contribution in [3.63, 3.8) is 0 Å². The van der Waals surface area contributed by atoms with Gasteiger partial charge in [-0.1, -0.05) is 72.8 Å². The van der Waals surface area contributed by atoms with Crippen LogP contribution >= 0.6 is 0 Å². The van der Waals surface area contributed by atoms with E-state index in [4.69, 9.17) is 0 Å². The molecule has 0 amide bonds. The molecule has 0 bridgehead atoms. The number of nitrogens with zero attached hydrogens (tertiary/aromatic N) is 2. The molecule has 1 heterocycles. The van der Waals surface area contributed by atoms with Gasteiger partial charge in [0.1, 0.15) is 0 Å². The Morgan fingerprint density at radius 1 is 0.735 bits per heavy atom. The molecule has 1 saturated carbocycles. The molecule has 1 aromatic heterocycles. The fourth-order valence-corrected chi connectivity index (χ4v) is 5.60. The maximum atomic E-state index is 2.40. The third-order valence-corrected chi connectivity index (χ3v) is 7.49. The van der Waals surface area contributed by atoms with E-state index in [-0.39, 0.29) is 0 Å². The van der Waals surface area contributed by atoms with Gasteiger partial charge in [0, 0.05) is 40.8 Å². The highest BCUT2D eigenvalue weighted by Crippen LogP contribution is 2.49. The maximum absolute atomic E-state index is 2.40. The molecule has 2 nitrogen and oxygen atoms in total. The molecule has 1 fully saturated rings. The Balaban J connectivity index is 1.39. The highest BCUT2D eigenvalue weighted by molar-refractivity contribution is 6.10. The monoisotopic (exact) mass is 438 g/mol. The van der Waals surface area contributed by atoms with Gasteiger partial charge >= 0.3 is 0 Å². The summed E-state index contributed by atoms with van der Waals surface area (Å²) in [6.45, 7) is 0. The Bertz CT molecular complexity index is 1600. The third kappa shape index (κ3) is 3.03. The third-order valence-electron chi connectivity index (χ3n) is 7.49. The summed E-state index contributed by atoms with van der Waals surface area (Å²) < 4.78 is 2.40. The van der Waals surface area contributed by atoms with Crippen molar-refractivity contribution < 1.29 is 0 Å². The number of aromatic nitrogens is 1. The van der Waals surface area contributed by atoms with Crippen molar-refractivity contribution in [3.8, 4) is 16.8 Å². The molecular formula is C32H26N2. The first-order valence-electron chi connectivity index (χ1n) is 12.1. The fraction of sp³-hybridized carbons (Fsp3) is 0.125. The first-order valence-corrected chi connectivity index (χ1v) is 12.1. The molecule has 2 atom stereocenters. The smallest absolute Gasteiger partial charge is 0.0542 e. The van der Waals surface area contributed by atoms with Gasteiger partial charge in [0.2, 0.25) is 0 Å². The van der Waals surface area contributed by atoms with Crippen LogP contribution in [0.3, 0.4) is 0 Å². The largest absolute Gasteiger partial charge is 0.348 e. The molecule has 2 aliphatic rings. The summed E-state index contributed by atoms with van der Waals surface area (Å²) in [5, 5.41) is 2.59. The normalized spacial score (nSPS) is 18.7. The van der Waals surface area contributed by atoms with E-state index in [1.54, 1.807) is 0 Å². The van der Waals surface area contributed by atoms with E-state index < -0.39 is 0 Å². The van der Waals surface area contributed by atoms with Crippen LogP contribution in [0.15, 0.2) is 121 Å². The summed E-state index contributed by atoms with van der Waals surface area (Å²) in [6, 6.07) is 35.2. The van der Waals surface area contributed by atoms with Crippen molar-refractivity contribution in [2.24, 2.45) is 11.8 Å². The summed E-state index contributed by atoms with van der Waals surface area (Å²) in [7, 11) is 2.21. The second-order valence-corrected chi connectivity index (χ2v) is 9.51. The van der Waals surface area contributed by atoms with E-state index in [0.717, 1.165) is 5.92 Å². The first kappa shape index (κ1) is 19.4. The van der Waals surface area contributed by atoms with Crippen LogP contribution in [-0.4, -0.2) is 11.6 Å². The predicted octanol–water partition coefficient (Wildman–Crippen LogP) is 7.98. The van der Waals surface area contributed by atoms with Crippen molar-refractivity contribution in [2.75, 3.05) is 11.9 Å². The lowest BCUT2D eigenvalue weighted by molar-refractivity contribution is 0.853. The van der Waals surface area contributed by atoms with Crippen LogP contribution in [-0.2, 0) is 0 Å². The van der Waals surface area contributed by atoms with Crippen LogP contribution in [0.5, 0.6) is 0 Å². The number of benzene rings is 4. The van der Waals surface area contributed by atoms with Gasteiger partial charge in [-0.3, -0.25) is 0 Å². The van der Waals surface area contributed by atoms with Gasteiger partial charge in [0.15, 0.2) is 0 Å². The van der Waals surface area contributed by atoms with Crippen molar-refractivity contribution >= 4 is 27.5 Å². The molecular weight excluding hydrogens is 412 g/mol. The Hall–Kier alpha value is -4.04. The topological polar surface area (TPSA) is 8.17 Å². The van der Waals surface area contributed by atoms with E-state index in [9.17, 15) is 0 Å². The van der Waals surface area contributed by atoms with Gasteiger partial charge in [-0.05, 0) is 65.9 Å². The van der Waals surface area contributed by atoms with Crippen molar-refractivity contribution in [1.29, 1.82) is 0 Å². The van der Waals surface area contributed by atoms with Gasteiger partial charge in [0.05, 0.1) is 11.0 Å². The number of para-hydroxylation sites is 1. The van der Waals surface area contributed by atoms with E-state index in [2.05, 4.69) is 132 Å². The molecule has 164 valence electrons. The molecule has 2 aliphatic carbocycles. The number of allylic oxidation sites excluding steroid dienone is 4. The van der Waals surface area contributed by atoms with Crippen LogP contribution in [0.1, 0.15) is 6.42 Å². The molecule has 2 unspecified atom stereocenters. The Labute approximate surface area is 200 Å². The molecule has 0 N–H and O–H groups in total. The molecule has 0 radical (unpaired) electrons. The van der Waals surface area contributed by atoms with E-state index in [1.165, 1.54) is 56.4 Å². The van der Waals surface area contributed by atoms with Crippen LogP contribution in [0.2, 0.25) is 0 Å². The summed E-state index contributed by atoms with van der Waals surface area (Å²) in [5.41, 5.74) is 8.83. The minimum absolute atomic E-state index is 0.688. The lowest BCUT2D eigenvalue weighted by Gasteiger charge is -2.24. The Morgan fingerprint density at radius 3 is 2.44 bits per heavy atom. The zero-order valence-corrected chi connectivity index (χ0v) is 19.2. The van der Waals surface area contributed by atoms with Gasteiger partial charge in [-0.2, -0.15) is 0 Å². The zero-order valence-electron chi connectivity index (χ0n) is 19.2. The van der Waals surface area contributed by atoms with Gasteiger partial charge in [-0.15, -0.1) is 0 Å². The lowest BCUT2D eigenvalue weighted by Crippen LogP contribution is -2.19. The molecule has 0 saturated heterocycles. The zero-order chi connectivity index (χ0) is 22.6. The molecule has 34 heavy (non-hydrogen) atoms. The molecule has 0 aliphatic heterocycles. The number of anilines is 1. The molecule has 7 rings (SSSR count). The number of hydrogen-bond donors (Lipinski definition) is 0. The van der Waals surface area contributed by atoms with Crippen LogP contribution in [0.4, 0.5) is 5.69 Å².